The minimum Gasteiger partial charge on any atom is -0.388 e. The van der Waals surface area contributed by atoms with Crippen LogP contribution in [0.4, 0.5) is 0 Å². The molecule has 2 heterocycles. The third kappa shape index (κ3) is 2.52. The normalized spacial score (nSPS) is 23.1. The lowest BCUT2D eigenvalue weighted by atomic mass is 10.1. The topological polar surface area (TPSA) is 62.7 Å². The fourth-order valence-corrected chi connectivity index (χ4v) is 2.17. The number of rotatable bonds is 3. The molecule has 1 aromatic rings. The zero-order chi connectivity index (χ0) is 13.1. The summed E-state index contributed by atoms with van der Waals surface area (Å²) in [7, 11) is 0. The third-order valence-electron chi connectivity index (χ3n) is 3.13. The van der Waals surface area contributed by atoms with E-state index in [1.54, 1.807) is 11.0 Å². The number of aliphatic hydroxyl groups excluding tert-OH is 1. The lowest BCUT2D eigenvalue weighted by Crippen LogP contribution is -2.46. The smallest absolute Gasteiger partial charge is 0.272 e. The molecule has 0 aliphatic carbocycles. The SMILES string of the molecule is CCN(C(=O)c1cccc(C)n1)[C@H]1COC[C@@H]1O. The van der Waals surface area contributed by atoms with Crippen LogP contribution in [-0.4, -0.2) is 52.8 Å². The highest BCUT2D eigenvalue weighted by Crippen LogP contribution is 2.15. The van der Waals surface area contributed by atoms with Gasteiger partial charge in [0.2, 0.25) is 0 Å². The average molecular weight is 250 g/mol. The van der Waals surface area contributed by atoms with Crippen LogP contribution in [0, 0.1) is 6.92 Å². The van der Waals surface area contributed by atoms with Crippen LogP contribution in [0.5, 0.6) is 0 Å². The van der Waals surface area contributed by atoms with Gasteiger partial charge in [0.1, 0.15) is 5.69 Å². The first-order chi connectivity index (χ1) is 8.63. The van der Waals surface area contributed by atoms with Gasteiger partial charge >= 0.3 is 0 Å². The van der Waals surface area contributed by atoms with E-state index in [-0.39, 0.29) is 18.6 Å². The molecule has 1 aliphatic rings. The first-order valence-corrected chi connectivity index (χ1v) is 6.14. The minimum absolute atomic E-state index is 0.157. The van der Waals surface area contributed by atoms with E-state index in [2.05, 4.69) is 4.98 Å². The van der Waals surface area contributed by atoms with E-state index >= 15 is 0 Å². The number of nitrogens with zero attached hydrogens (tertiary/aromatic N) is 2. The summed E-state index contributed by atoms with van der Waals surface area (Å²) in [5.41, 5.74) is 1.22. The van der Waals surface area contributed by atoms with Crippen LogP contribution in [-0.2, 0) is 4.74 Å². The summed E-state index contributed by atoms with van der Waals surface area (Å²) in [6, 6.07) is 5.08. The van der Waals surface area contributed by atoms with Crippen molar-refractivity contribution in [2.75, 3.05) is 19.8 Å². The Morgan fingerprint density at radius 1 is 1.56 bits per heavy atom. The number of aliphatic hydroxyl groups is 1. The van der Waals surface area contributed by atoms with Crippen molar-refractivity contribution in [1.29, 1.82) is 0 Å². The largest absolute Gasteiger partial charge is 0.388 e. The fraction of sp³-hybridized carbons (Fsp3) is 0.538. The van der Waals surface area contributed by atoms with E-state index < -0.39 is 6.10 Å². The molecule has 98 valence electrons. The molecule has 0 spiro atoms. The number of carbonyl (C=O) groups excluding carboxylic acids is 1. The van der Waals surface area contributed by atoms with Gasteiger partial charge in [-0.15, -0.1) is 0 Å². The van der Waals surface area contributed by atoms with Gasteiger partial charge < -0.3 is 14.7 Å². The molecule has 1 fully saturated rings. The van der Waals surface area contributed by atoms with Crippen molar-refractivity contribution in [3.05, 3.63) is 29.6 Å². The Labute approximate surface area is 106 Å². The highest BCUT2D eigenvalue weighted by molar-refractivity contribution is 5.92. The van der Waals surface area contributed by atoms with Crippen molar-refractivity contribution < 1.29 is 14.6 Å². The fourth-order valence-electron chi connectivity index (χ4n) is 2.17. The molecule has 2 rings (SSSR count). The predicted molar refractivity (Wildman–Crippen MR) is 66.3 cm³/mol. The summed E-state index contributed by atoms with van der Waals surface area (Å²) in [6.07, 6.45) is -0.612. The second-order valence-corrected chi connectivity index (χ2v) is 4.43. The Balaban J connectivity index is 2.20. The first-order valence-electron chi connectivity index (χ1n) is 6.14. The molecular formula is C13H18N2O3. The molecular weight excluding hydrogens is 232 g/mol. The Hall–Kier alpha value is -1.46. The van der Waals surface area contributed by atoms with Gasteiger partial charge in [-0.05, 0) is 26.0 Å². The summed E-state index contributed by atoms with van der Waals surface area (Å²) >= 11 is 0. The van der Waals surface area contributed by atoms with Crippen LogP contribution in [0.2, 0.25) is 0 Å². The van der Waals surface area contributed by atoms with E-state index in [1.807, 2.05) is 26.0 Å². The molecule has 5 heteroatoms. The average Bonchev–Trinajstić information content (AvgIpc) is 2.77. The van der Waals surface area contributed by atoms with Gasteiger partial charge in [0.15, 0.2) is 0 Å². The molecule has 0 bridgehead atoms. The predicted octanol–water partition coefficient (Wildman–Crippen LogP) is 0.612. The Kier molecular flexibility index (Phi) is 3.93. The summed E-state index contributed by atoms with van der Waals surface area (Å²) in [5, 5.41) is 9.80. The number of likely N-dealkylation sites (N-methyl/N-ethyl adjacent to an activating group) is 1. The Morgan fingerprint density at radius 2 is 2.33 bits per heavy atom. The lowest BCUT2D eigenvalue weighted by molar-refractivity contribution is 0.0515. The molecule has 1 aromatic heterocycles. The Bertz CT molecular complexity index is 436. The maximum Gasteiger partial charge on any atom is 0.272 e. The number of aryl methyl sites for hydroxylation is 1. The second-order valence-electron chi connectivity index (χ2n) is 4.43. The molecule has 0 aromatic carbocycles. The van der Waals surface area contributed by atoms with Crippen molar-refractivity contribution in [2.45, 2.75) is 26.0 Å². The number of carbonyl (C=O) groups is 1. The van der Waals surface area contributed by atoms with Gasteiger partial charge in [-0.3, -0.25) is 4.79 Å². The number of pyridine rings is 1. The summed E-state index contributed by atoms with van der Waals surface area (Å²) < 4.78 is 5.20. The van der Waals surface area contributed by atoms with Gasteiger partial charge in [-0.2, -0.15) is 0 Å². The van der Waals surface area contributed by atoms with E-state index in [4.69, 9.17) is 4.74 Å². The second kappa shape index (κ2) is 5.46. The lowest BCUT2D eigenvalue weighted by Gasteiger charge is -2.28. The summed E-state index contributed by atoms with van der Waals surface area (Å²) in [5.74, 6) is -0.157. The van der Waals surface area contributed by atoms with Crippen LogP contribution in [0.3, 0.4) is 0 Å². The highest BCUT2D eigenvalue weighted by Gasteiger charge is 2.34. The monoisotopic (exact) mass is 250 g/mol. The molecule has 1 amide bonds. The first kappa shape index (κ1) is 13.0. The van der Waals surface area contributed by atoms with Crippen molar-refractivity contribution in [3.63, 3.8) is 0 Å². The van der Waals surface area contributed by atoms with Crippen molar-refractivity contribution in [3.8, 4) is 0 Å². The van der Waals surface area contributed by atoms with Gasteiger partial charge in [-0.25, -0.2) is 4.98 Å². The highest BCUT2D eigenvalue weighted by atomic mass is 16.5. The van der Waals surface area contributed by atoms with E-state index in [0.717, 1.165) is 5.69 Å². The molecule has 1 aliphatic heterocycles. The molecule has 2 atom stereocenters. The van der Waals surface area contributed by atoms with Crippen molar-refractivity contribution >= 4 is 5.91 Å². The van der Waals surface area contributed by atoms with Gasteiger partial charge in [0, 0.05) is 12.2 Å². The van der Waals surface area contributed by atoms with Crippen LogP contribution in [0.1, 0.15) is 23.1 Å². The number of hydrogen-bond donors (Lipinski definition) is 1. The van der Waals surface area contributed by atoms with Crippen LogP contribution in [0.25, 0.3) is 0 Å². The maximum atomic E-state index is 12.4. The van der Waals surface area contributed by atoms with E-state index in [0.29, 0.717) is 18.8 Å². The number of aromatic nitrogens is 1. The van der Waals surface area contributed by atoms with Crippen LogP contribution in [0.15, 0.2) is 18.2 Å². The van der Waals surface area contributed by atoms with E-state index in [1.165, 1.54) is 0 Å². The summed E-state index contributed by atoms with van der Waals surface area (Å²) in [6.45, 7) is 4.93. The van der Waals surface area contributed by atoms with Crippen LogP contribution < -0.4 is 0 Å². The maximum absolute atomic E-state index is 12.4. The quantitative estimate of drug-likeness (QED) is 0.854. The van der Waals surface area contributed by atoms with Gasteiger partial charge in [-0.1, -0.05) is 6.07 Å². The van der Waals surface area contributed by atoms with Crippen molar-refractivity contribution in [2.24, 2.45) is 0 Å². The minimum atomic E-state index is -0.612. The molecule has 0 radical (unpaired) electrons. The van der Waals surface area contributed by atoms with Gasteiger partial charge in [0.05, 0.1) is 25.4 Å². The zero-order valence-corrected chi connectivity index (χ0v) is 10.7. The van der Waals surface area contributed by atoms with Crippen molar-refractivity contribution in [1.82, 2.24) is 9.88 Å². The Morgan fingerprint density at radius 3 is 2.89 bits per heavy atom. The van der Waals surface area contributed by atoms with Gasteiger partial charge in [0.25, 0.3) is 5.91 Å². The zero-order valence-electron chi connectivity index (χ0n) is 10.7. The number of amides is 1. The summed E-state index contributed by atoms with van der Waals surface area (Å²) in [4.78, 5) is 18.2. The molecule has 0 saturated carbocycles. The molecule has 5 nitrogen and oxygen atoms in total. The number of hydrogen-bond acceptors (Lipinski definition) is 4. The molecule has 0 unspecified atom stereocenters. The standard InChI is InChI=1S/C13H18N2O3/c1-3-15(11-7-18-8-12(11)16)13(17)10-6-4-5-9(2)14-10/h4-6,11-12,16H,3,7-8H2,1-2H3/t11-,12-/m0/s1. The molecule has 1 N–H and O–H groups in total. The van der Waals surface area contributed by atoms with Crippen LogP contribution >= 0.6 is 0 Å². The third-order valence-corrected chi connectivity index (χ3v) is 3.13. The molecule has 18 heavy (non-hydrogen) atoms. The molecule has 1 saturated heterocycles. The number of ether oxygens (including phenoxy) is 1. The van der Waals surface area contributed by atoms with E-state index in [9.17, 15) is 9.90 Å².